The van der Waals surface area contributed by atoms with Crippen LogP contribution in [0.25, 0.3) is 0 Å². The van der Waals surface area contributed by atoms with E-state index in [1.54, 1.807) is 20.8 Å². The first kappa shape index (κ1) is 25.6. The highest BCUT2D eigenvalue weighted by Gasteiger charge is 2.41. The van der Waals surface area contributed by atoms with Gasteiger partial charge in [-0.1, -0.05) is 34.1 Å². The van der Waals surface area contributed by atoms with E-state index in [1.807, 2.05) is 0 Å². The number of esters is 1. The molecule has 0 radical (unpaired) electrons. The molecule has 0 aromatic carbocycles. The van der Waals surface area contributed by atoms with Crippen molar-refractivity contribution in [3.05, 3.63) is 0 Å². The lowest BCUT2D eigenvalue weighted by molar-refractivity contribution is -0.198. The van der Waals surface area contributed by atoms with Gasteiger partial charge >= 0.3 is 17.9 Å². The fourth-order valence-corrected chi connectivity index (χ4v) is 2.18. The standard InChI is InChI=1S/C14H25NO7.C3H8/c1-5-10(14(20)21-8-16)11(12(17)18)9(4)13(19)22-15(6-2)7-3;1-3-2/h9-11,16H,5-8H2,1-4H3,(H,17,18);3H2,1-2H3. The molecule has 25 heavy (non-hydrogen) atoms. The minimum atomic E-state index is -1.29. The van der Waals surface area contributed by atoms with Crippen molar-refractivity contribution in [1.82, 2.24) is 5.06 Å². The third-order valence-corrected chi connectivity index (χ3v) is 3.50. The van der Waals surface area contributed by atoms with Crippen LogP contribution in [0.4, 0.5) is 0 Å². The molecule has 8 heteroatoms. The van der Waals surface area contributed by atoms with Gasteiger partial charge in [-0.15, -0.1) is 5.06 Å². The zero-order valence-electron chi connectivity index (χ0n) is 16.2. The zero-order valence-corrected chi connectivity index (χ0v) is 16.2. The van der Waals surface area contributed by atoms with Crippen LogP contribution in [0.5, 0.6) is 0 Å². The molecule has 0 amide bonds. The van der Waals surface area contributed by atoms with Gasteiger partial charge in [0, 0.05) is 13.1 Å². The highest BCUT2D eigenvalue weighted by Crippen LogP contribution is 2.27. The molecule has 0 aromatic heterocycles. The van der Waals surface area contributed by atoms with Crippen molar-refractivity contribution in [2.24, 2.45) is 17.8 Å². The Kier molecular flexibility index (Phi) is 15.0. The van der Waals surface area contributed by atoms with Crippen molar-refractivity contribution in [2.75, 3.05) is 19.9 Å². The van der Waals surface area contributed by atoms with Crippen molar-refractivity contribution in [2.45, 2.75) is 54.4 Å². The van der Waals surface area contributed by atoms with E-state index < -0.39 is 42.5 Å². The second-order valence-corrected chi connectivity index (χ2v) is 5.49. The maximum atomic E-state index is 12.1. The number of hydrogen-bond donors (Lipinski definition) is 2. The predicted molar refractivity (Wildman–Crippen MR) is 92.2 cm³/mol. The van der Waals surface area contributed by atoms with Crippen molar-refractivity contribution >= 4 is 17.9 Å². The molecule has 8 nitrogen and oxygen atoms in total. The van der Waals surface area contributed by atoms with E-state index in [2.05, 4.69) is 18.6 Å². The lowest BCUT2D eigenvalue weighted by Crippen LogP contribution is -2.41. The van der Waals surface area contributed by atoms with E-state index in [9.17, 15) is 19.5 Å². The summed E-state index contributed by atoms with van der Waals surface area (Å²) in [5.74, 6) is -6.21. The average molecular weight is 363 g/mol. The normalized spacial score (nSPS) is 13.9. The number of ether oxygens (including phenoxy) is 1. The molecule has 3 unspecified atom stereocenters. The molecule has 0 aliphatic rings. The molecule has 0 aliphatic heterocycles. The molecule has 0 bridgehead atoms. The summed E-state index contributed by atoms with van der Waals surface area (Å²) in [5.41, 5.74) is 0. The summed E-state index contributed by atoms with van der Waals surface area (Å²) in [6, 6.07) is 0. The average Bonchev–Trinajstić information content (AvgIpc) is 2.56. The summed E-state index contributed by atoms with van der Waals surface area (Å²) in [6.45, 7) is 11.0. The topological polar surface area (TPSA) is 113 Å². The van der Waals surface area contributed by atoms with E-state index in [1.165, 1.54) is 18.4 Å². The highest BCUT2D eigenvalue weighted by molar-refractivity contribution is 5.86. The predicted octanol–water partition coefficient (Wildman–Crippen LogP) is 2.06. The van der Waals surface area contributed by atoms with Gasteiger partial charge < -0.3 is 19.8 Å². The number of carboxylic acids is 1. The van der Waals surface area contributed by atoms with Crippen LogP contribution >= 0.6 is 0 Å². The van der Waals surface area contributed by atoms with Gasteiger partial charge in [0.15, 0.2) is 6.79 Å². The van der Waals surface area contributed by atoms with Crippen molar-refractivity contribution in [3.63, 3.8) is 0 Å². The quantitative estimate of drug-likeness (QED) is 0.344. The lowest BCUT2D eigenvalue weighted by atomic mass is 9.81. The van der Waals surface area contributed by atoms with Crippen molar-refractivity contribution in [1.29, 1.82) is 0 Å². The van der Waals surface area contributed by atoms with E-state index in [4.69, 9.17) is 9.94 Å². The van der Waals surface area contributed by atoms with Crippen LogP contribution in [0.15, 0.2) is 0 Å². The molecule has 0 saturated heterocycles. The first-order chi connectivity index (χ1) is 11.7. The van der Waals surface area contributed by atoms with Crippen LogP contribution in [-0.4, -0.2) is 53.1 Å². The Morgan fingerprint density at radius 1 is 1.00 bits per heavy atom. The Bertz CT molecular complexity index is 396. The van der Waals surface area contributed by atoms with Gasteiger partial charge in [0.25, 0.3) is 0 Å². The summed E-state index contributed by atoms with van der Waals surface area (Å²) in [7, 11) is 0. The van der Waals surface area contributed by atoms with E-state index in [-0.39, 0.29) is 6.42 Å². The Morgan fingerprint density at radius 3 is 1.80 bits per heavy atom. The Labute approximate surface area is 150 Å². The number of carbonyl (C=O) groups excluding carboxylic acids is 2. The zero-order chi connectivity index (χ0) is 20.0. The molecular formula is C17H33NO7. The van der Waals surface area contributed by atoms with Crippen LogP contribution in [0.2, 0.25) is 0 Å². The van der Waals surface area contributed by atoms with Gasteiger partial charge in [-0.25, -0.2) is 0 Å². The van der Waals surface area contributed by atoms with Gasteiger partial charge in [-0.2, -0.15) is 0 Å². The van der Waals surface area contributed by atoms with Crippen LogP contribution in [0.3, 0.4) is 0 Å². The smallest absolute Gasteiger partial charge is 0.328 e. The fraction of sp³-hybridized carbons (Fsp3) is 0.824. The lowest BCUT2D eigenvalue weighted by Gasteiger charge is -2.27. The van der Waals surface area contributed by atoms with Gasteiger partial charge in [0.1, 0.15) is 0 Å². The number of carboxylic acid groups (broad SMARTS) is 1. The number of hydrogen-bond acceptors (Lipinski definition) is 7. The minimum absolute atomic E-state index is 0.165. The summed E-state index contributed by atoms with van der Waals surface area (Å²) in [4.78, 5) is 40.5. The first-order valence-corrected chi connectivity index (χ1v) is 8.72. The summed E-state index contributed by atoms with van der Waals surface area (Å²) in [5, 5.41) is 19.4. The first-order valence-electron chi connectivity index (χ1n) is 8.72. The summed E-state index contributed by atoms with van der Waals surface area (Å²) >= 11 is 0. The molecule has 0 rings (SSSR count). The molecular weight excluding hydrogens is 330 g/mol. The third-order valence-electron chi connectivity index (χ3n) is 3.50. The largest absolute Gasteiger partial charge is 0.481 e. The fourth-order valence-electron chi connectivity index (χ4n) is 2.18. The van der Waals surface area contributed by atoms with Crippen molar-refractivity contribution < 1.29 is 34.2 Å². The van der Waals surface area contributed by atoms with E-state index >= 15 is 0 Å². The number of hydroxylamine groups is 2. The van der Waals surface area contributed by atoms with Crippen LogP contribution < -0.4 is 0 Å². The van der Waals surface area contributed by atoms with Crippen molar-refractivity contribution in [3.8, 4) is 0 Å². The van der Waals surface area contributed by atoms with Gasteiger partial charge in [0.05, 0.1) is 17.8 Å². The SMILES string of the molecule is CCC.CCC(C(=O)OCO)C(C(=O)O)C(C)C(=O)ON(CC)CC. The van der Waals surface area contributed by atoms with Crippen LogP contribution in [0, 0.1) is 17.8 Å². The van der Waals surface area contributed by atoms with Gasteiger partial charge in [0.2, 0.25) is 0 Å². The van der Waals surface area contributed by atoms with Gasteiger partial charge in [-0.05, 0) is 20.3 Å². The second kappa shape index (κ2) is 14.7. The molecule has 0 fully saturated rings. The Morgan fingerprint density at radius 2 is 1.48 bits per heavy atom. The Hall–Kier alpha value is -1.67. The van der Waals surface area contributed by atoms with E-state index in [0.29, 0.717) is 13.1 Å². The Balaban J connectivity index is 0. The maximum absolute atomic E-state index is 12.1. The number of aliphatic hydroxyl groups is 1. The third kappa shape index (κ3) is 9.40. The molecule has 148 valence electrons. The monoisotopic (exact) mass is 363 g/mol. The number of rotatable bonds is 10. The number of aliphatic carboxylic acids is 1. The number of aliphatic hydroxyl groups excluding tert-OH is 1. The minimum Gasteiger partial charge on any atom is -0.481 e. The molecule has 2 N–H and O–H groups in total. The molecule has 0 saturated carbocycles. The second-order valence-electron chi connectivity index (χ2n) is 5.49. The number of carbonyl (C=O) groups is 3. The van der Waals surface area contributed by atoms with Gasteiger partial charge in [-0.3, -0.25) is 14.4 Å². The summed E-state index contributed by atoms with van der Waals surface area (Å²) < 4.78 is 4.47. The molecule has 0 aromatic rings. The van der Waals surface area contributed by atoms with Crippen LogP contribution in [0.1, 0.15) is 54.4 Å². The highest BCUT2D eigenvalue weighted by atomic mass is 16.7. The molecule has 0 aliphatic carbocycles. The maximum Gasteiger partial charge on any atom is 0.328 e. The van der Waals surface area contributed by atoms with Crippen LogP contribution in [-0.2, 0) is 24.0 Å². The molecule has 3 atom stereocenters. The summed E-state index contributed by atoms with van der Waals surface area (Å²) in [6.07, 6.45) is 1.42. The molecule has 0 spiro atoms. The number of nitrogens with zero attached hydrogens (tertiary/aromatic N) is 1. The van der Waals surface area contributed by atoms with E-state index in [0.717, 1.165) is 0 Å². The molecule has 0 heterocycles.